The first-order valence-corrected chi connectivity index (χ1v) is 17.5. The molecule has 1 aliphatic rings. The quantitative estimate of drug-likeness (QED) is 0.0942. The number of aryl methyl sites for hydroxylation is 1. The number of nitrogens with zero attached hydrogens (tertiary/aromatic N) is 1. The minimum Gasteiger partial charge on any atom is -1.00 e. The van der Waals surface area contributed by atoms with Crippen molar-refractivity contribution in [2.24, 2.45) is 0 Å². The number of methoxy groups -OCH3 is 1. The summed E-state index contributed by atoms with van der Waals surface area (Å²) in [6.45, 7) is 6.66. The van der Waals surface area contributed by atoms with Crippen LogP contribution in [-0.4, -0.2) is 43.5 Å². The number of hydrogen-bond acceptors (Lipinski definition) is 5. The third-order valence-corrected chi connectivity index (χ3v) is 9.61. The summed E-state index contributed by atoms with van der Waals surface area (Å²) in [5.41, 5.74) is 2.27. The zero-order valence-electron chi connectivity index (χ0n) is 26.6. The van der Waals surface area contributed by atoms with Gasteiger partial charge in [-0.25, -0.2) is 14.2 Å². The molecule has 242 valence electrons. The average molecular weight is 720 g/mol. The molecule has 7 nitrogen and oxygen atoms in total. The number of aromatic nitrogens is 1. The van der Waals surface area contributed by atoms with Crippen LogP contribution in [0.25, 0.3) is 0 Å². The fourth-order valence-corrected chi connectivity index (χ4v) is 6.67. The summed E-state index contributed by atoms with van der Waals surface area (Å²) in [6.07, 6.45) is 22.8. The monoisotopic (exact) mass is 719 g/mol. The number of rotatable bonds is 23. The van der Waals surface area contributed by atoms with Gasteiger partial charge in [0, 0.05) is 35.1 Å². The summed E-state index contributed by atoms with van der Waals surface area (Å²) < 4.78 is 12.5. The lowest BCUT2D eigenvalue weighted by Crippen LogP contribution is -3.00. The van der Waals surface area contributed by atoms with E-state index in [4.69, 9.17) is 9.47 Å². The van der Waals surface area contributed by atoms with Gasteiger partial charge < -0.3 is 44.1 Å². The smallest absolute Gasteiger partial charge is 0.407 e. The Morgan fingerprint density at radius 1 is 0.857 bits per heavy atom. The highest BCUT2D eigenvalue weighted by molar-refractivity contribution is 8.01. The molecule has 2 unspecified atom stereocenters. The molecule has 0 aromatic carbocycles. The molecule has 0 bridgehead atoms. The van der Waals surface area contributed by atoms with Crippen LogP contribution in [0.1, 0.15) is 134 Å². The molecule has 2 amide bonds. The van der Waals surface area contributed by atoms with Gasteiger partial charge in [-0.05, 0) is 19.4 Å². The van der Waals surface area contributed by atoms with Crippen molar-refractivity contribution in [3.63, 3.8) is 0 Å². The van der Waals surface area contributed by atoms with E-state index in [9.17, 15) is 9.59 Å². The van der Waals surface area contributed by atoms with E-state index in [1.165, 1.54) is 103 Å². The van der Waals surface area contributed by atoms with E-state index in [1.54, 1.807) is 0 Å². The number of alkyl carbamates (subject to hydrolysis) is 2. The molecule has 42 heavy (non-hydrogen) atoms. The molecule has 2 N–H and O–H groups in total. The van der Waals surface area contributed by atoms with Crippen LogP contribution in [0.15, 0.2) is 18.3 Å². The van der Waals surface area contributed by atoms with Gasteiger partial charge in [0.15, 0.2) is 6.20 Å². The minimum atomic E-state index is -0.439. The second-order valence-electron chi connectivity index (χ2n) is 11.3. The molecule has 1 aliphatic heterocycles. The predicted octanol–water partition coefficient (Wildman–Crippen LogP) is 5.04. The largest absolute Gasteiger partial charge is 1.00 e. The van der Waals surface area contributed by atoms with Crippen LogP contribution >= 0.6 is 11.8 Å². The van der Waals surface area contributed by atoms with Crippen molar-refractivity contribution in [2.75, 3.05) is 26.0 Å². The lowest BCUT2D eigenvalue weighted by molar-refractivity contribution is -0.701. The number of pyridine rings is 1. The Morgan fingerprint density at radius 3 is 1.93 bits per heavy atom. The van der Waals surface area contributed by atoms with E-state index < -0.39 is 6.09 Å². The van der Waals surface area contributed by atoms with E-state index in [1.807, 2.05) is 24.0 Å². The molecule has 1 aromatic heterocycles. The standard InChI is InChI=1S/C33H57N3O4S.HI/c1-4-6-7-8-9-10-11-12-13-14-15-16-17-18-19-20-23-34-33(38)40-26-31-29(27-41-31)28-22-21-24-36(5-2)30(28)25-35-32(37)39-3;/h21-22,24,29,31H,4-20,23,25-27H2,1-3H3,(H-,34,35,37,38);1H. The second-order valence-corrected chi connectivity index (χ2v) is 12.6. The van der Waals surface area contributed by atoms with Crippen molar-refractivity contribution in [1.82, 2.24) is 10.6 Å². The molecule has 1 saturated heterocycles. The molecule has 0 spiro atoms. The Kier molecular flexibility index (Phi) is 23.2. The minimum absolute atomic E-state index is 0. The molecule has 1 fully saturated rings. The van der Waals surface area contributed by atoms with Crippen LogP contribution < -0.4 is 39.2 Å². The van der Waals surface area contributed by atoms with Crippen LogP contribution in [0.4, 0.5) is 9.59 Å². The zero-order valence-corrected chi connectivity index (χ0v) is 29.6. The number of unbranched alkanes of at least 4 members (excludes halogenated alkanes) is 15. The number of ether oxygens (including phenoxy) is 2. The number of carbonyl (C=O) groups is 2. The first kappa shape index (κ1) is 38.8. The predicted molar refractivity (Wildman–Crippen MR) is 169 cm³/mol. The summed E-state index contributed by atoms with van der Waals surface area (Å²) in [7, 11) is 1.37. The number of amides is 2. The van der Waals surface area contributed by atoms with E-state index in [0.717, 1.165) is 30.8 Å². The third-order valence-electron chi connectivity index (χ3n) is 8.16. The Labute approximate surface area is 277 Å². The Hall–Kier alpha value is -1.23. The van der Waals surface area contributed by atoms with Crippen molar-refractivity contribution in [2.45, 2.75) is 141 Å². The van der Waals surface area contributed by atoms with Crippen molar-refractivity contribution in [3.05, 3.63) is 29.6 Å². The maximum Gasteiger partial charge on any atom is 0.407 e. The van der Waals surface area contributed by atoms with E-state index >= 15 is 0 Å². The molecule has 9 heteroatoms. The molecular formula is C33H58IN3O4S. The fourth-order valence-electron chi connectivity index (χ4n) is 5.52. The summed E-state index contributed by atoms with van der Waals surface area (Å²) in [5, 5.41) is 5.96. The third kappa shape index (κ3) is 16.0. The molecule has 0 radical (unpaired) electrons. The van der Waals surface area contributed by atoms with Gasteiger partial charge in [0.2, 0.25) is 5.69 Å². The number of thioether (sulfide) groups is 1. The molecule has 0 saturated carbocycles. The van der Waals surface area contributed by atoms with E-state index in [0.29, 0.717) is 25.6 Å². The molecule has 0 aliphatic carbocycles. The van der Waals surface area contributed by atoms with Crippen molar-refractivity contribution < 1.29 is 47.6 Å². The highest BCUT2D eigenvalue weighted by atomic mass is 127. The van der Waals surface area contributed by atoms with Gasteiger partial charge in [-0.3, -0.25) is 0 Å². The molecule has 2 atom stereocenters. The van der Waals surface area contributed by atoms with Crippen molar-refractivity contribution in [3.8, 4) is 0 Å². The van der Waals surface area contributed by atoms with Gasteiger partial charge in [-0.1, -0.05) is 103 Å². The maximum atomic E-state index is 12.3. The van der Waals surface area contributed by atoms with Crippen LogP contribution in [-0.2, 0) is 22.6 Å². The molecule has 1 aromatic rings. The molecular weight excluding hydrogens is 661 g/mol. The van der Waals surface area contributed by atoms with Gasteiger partial charge in [0.05, 0.1) is 7.11 Å². The first-order valence-electron chi connectivity index (χ1n) is 16.5. The highest BCUT2D eigenvalue weighted by Gasteiger charge is 2.37. The maximum absolute atomic E-state index is 12.3. The second kappa shape index (κ2) is 25.1. The number of halogens is 1. The lowest BCUT2D eigenvalue weighted by Gasteiger charge is -2.36. The average Bonchev–Trinajstić information content (AvgIpc) is 2.97. The summed E-state index contributed by atoms with van der Waals surface area (Å²) in [6, 6.07) is 4.17. The van der Waals surface area contributed by atoms with Crippen LogP contribution in [0.2, 0.25) is 0 Å². The number of hydrogen-bond donors (Lipinski definition) is 2. The summed E-state index contributed by atoms with van der Waals surface area (Å²) >= 11 is 1.83. The van der Waals surface area contributed by atoms with Crippen LogP contribution in [0.3, 0.4) is 0 Å². The number of carbonyl (C=O) groups excluding carboxylic acids is 2. The fraction of sp³-hybridized carbons (Fsp3) is 0.788. The van der Waals surface area contributed by atoms with Crippen molar-refractivity contribution in [1.29, 1.82) is 0 Å². The Morgan fingerprint density at radius 2 is 1.43 bits per heavy atom. The highest BCUT2D eigenvalue weighted by Crippen LogP contribution is 2.42. The van der Waals surface area contributed by atoms with Crippen molar-refractivity contribution >= 4 is 23.9 Å². The summed E-state index contributed by atoms with van der Waals surface area (Å²) in [5.74, 6) is 1.27. The molecule has 2 rings (SSSR count). The zero-order chi connectivity index (χ0) is 29.5. The summed E-state index contributed by atoms with van der Waals surface area (Å²) in [4.78, 5) is 23.9. The van der Waals surface area contributed by atoms with Gasteiger partial charge in [0.25, 0.3) is 0 Å². The van der Waals surface area contributed by atoms with Gasteiger partial charge >= 0.3 is 12.2 Å². The van der Waals surface area contributed by atoms with E-state index in [-0.39, 0.29) is 35.3 Å². The first-order chi connectivity index (χ1) is 20.1. The topological polar surface area (TPSA) is 80.5 Å². The van der Waals surface area contributed by atoms with Gasteiger partial charge in [-0.2, -0.15) is 11.8 Å². The Balaban J connectivity index is 0.00000882. The molecule has 2 heterocycles. The van der Waals surface area contributed by atoms with E-state index in [2.05, 4.69) is 35.1 Å². The Bertz CT molecular complexity index is 861. The van der Waals surface area contributed by atoms with Gasteiger partial charge in [-0.15, -0.1) is 0 Å². The number of nitrogens with one attached hydrogen (secondary N) is 2. The normalized spacial score (nSPS) is 15.8. The van der Waals surface area contributed by atoms with Crippen LogP contribution in [0, 0.1) is 0 Å². The SMILES string of the molecule is CCCCCCCCCCCCCCCCCCNC(=O)OCC1SCC1c1ccc[n+](CC)c1CNC(=O)OC.[I-]. The lowest BCUT2D eigenvalue weighted by atomic mass is 9.94. The van der Waals surface area contributed by atoms with Gasteiger partial charge in [0.1, 0.15) is 19.7 Å². The van der Waals surface area contributed by atoms with Crippen LogP contribution in [0.5, 0.6) is 0 Å².